The molecule has 0 amide bonds. The number of hydrogen-bond donors (Lipinski definition) is 1. The highest BCUT2D eigenvalue weighted by atomic mass is 19.1. The van der Waals surface area contributed by atoms with Crippen LogP contribution in [0, 0.1) is 11.6 Å². The Morgan fingerprint density at radius 2 is 1.30 bits per heavy atom. The number of halogens is 2. The lowest BCUT2D eigenvalue weighted by molar-refractivity contribution is -0.113. The largest absolute Gasteiger partial charge is 0.300 e. The molecule has 0 atom stereocenters. The van der Waals surface area contributed by atoms with E-state index in [0.29, 0.717) is 24.2 Å². The van der Waals surface area contributed by atoms with E-state index in [1.165, 1.54) is 29.8 Å². The first-order chi connectivity index (χ1) is 15.5. The zero-order valence-electron chi connectivity index (χ0n) is 19.6. The Morgan fingerprint density at radius 1 is 0.848 bits per heavy atom. The van der Waals surface area contributed by atoms with Crippen molar-refractivity contribution < 1.29 is 13.6 Å². The molecule has 1 fully saturated rings. The molecule has 2 aliphatic heterocycles. The normalized spacial score (nSPS) is 22.7. The second-order valence-electron chi connectivity index (χ2n) is 10.1. The van der Waals surface area contributed by atoms with Gasteiger partial charge in [-0.1, -0.05) is 30.3 Å². The average molecular weight is 449 g/mol. The summed E-state index contributed by atoms with van der Waals surface area (Å²) in [6.45, 7) is 10.4. The SMILES string of the molecule is CC1(C)C=C(CN2C/C(=C\c3ccc(F)cc3)C(=O)/C(=C/c3ccc(F)cc3)C2)C(C)(C)N1. The molecule has 0 unspecified atom stereocenters. The van der Waals surface area contributed by atoms with Crippen LogP contribution in [0.2, 0.25) is 0 Å². The number of hydrogen-bond acceptors (Lipinski definition) is 3. The van der Waals surface area contributed by atoms with E-state index < -0.39 is 0 Å². The van der Waals surface area contributed by atoms with Crippen LogP contribution in [0.15, 0.2) is 71.3 Å². The molecule has 2 aromatic rings. The fourth-order valence-corrected chi connectivity index (χ4v) is 4.76. The van der Waals surface area contributed by atoms with Crippen molar-refractivity contribution in [2.45, 2.75) is 38.8 Å². The third-order valence-corrected chi connectivity index (χ3v) is 6.16. The van der Waals surface area contributed by atoms with E-state index in [0.717, 1.165) is 17.7 Å². The zero-order valence-corrected chi connectivity index (χ0v) is 19.6. The first-order valence-corrected chi connectivity index (χ1v) is 11.2. The van der Waals surface area contributed by atoms with Crippen LogP contribution in [0.1, 0.15) is 38.8 Å². The van der Waals surface area contributed by atoms with Crippen LogP contribution in [0.5, 0.6) is 0 Å². The van der Waals surface area contributed by atoms with Crippen LogP contribution >= 0.6 is 0 Å². The number of nitrogens with zero attached hydrogens (tertiary/aromatic N) is 1. The van der Waals surface area contributed by atoms with E-state index in [-0.39, 0.29) is 28.5 Å². The Hall–Kier alpha value is -2.89. The van der Waals surface area contributed by atoms with Crippen molar-refractivity contribution in [3.05, 3.63) is 94.1 Å². The molecule has 1 saturated heterocycles. The van der Waals surface area contributed by atoms with E-state index in [4.69, 9.17) is 0 Å². The van der Waals surface area contributed by atoms with Crippen LogP contribution in [0.25, 0.3) is 12.2 Å². The van der Waals surface area contributed by atoms with Crippen molar-refractivity contribution in [1.29, 1.82) is 0 Å². The molecule has 33 heavy (non-hydrogen) atoms. The van der Waals surface area contributed by atoms with Gasteiger partial charge in [0.05, 0.1) is 0 Å². The first kappa shape index (κ1) is 23.3. The number of Topliss-reactive ketones (excluding diaryl/α,β-unsaturated/α-hetero) is 1. The quantitative estimate of drug-likeness (QED) is 0.502. The molecule has 0 saturated carbocycles. The van der Waals surface area contributed by atoms with Gasteiger partial charge in [-0.05, 0) is 80.8 Å². The summed E-state index contributed by atoms with van der Waals surface area (Å²) in [5, 5.41) is 3.64. The van der Waals surface area contributed by atoms with Crippen LogP contribution in [0.4, 0.5) is 8.78 Å². The van der Waals surface area contributed by atoms with Crippen molar-refractivity contribution >= 4 is 17.9 Å². The molecule has 2 aliphatic rings. The summed E-state index contributed by atoms with van der Waals surface area (Å²) in [5.41, 5.74) is 3.92. The van der Waals surface area contributed by atoms with Gasteiger partial charge in [0.25, 0.3) is 0 Å². The van der Waals surface area contributed by atoms with Crippen molar-refractivity contribution in [3.8, 4) is 0 Å². The van der Waals surface area contributed by atoms with Gasteiger partial charge in [0.15, 0.2) is 5.78 Å². The van der Waals surface area contributed by atoms with E-state index in [9.17, 15) is 13.6 Å². The molecule has 0 aliphatic carbocycles. The second kappa shape index (κ2) is 8.81. The monoisotopic (exact) mass is 448 g/mol. The molecular weight excluding hydrogens is 418 g/mol. The number of ketones is 1. The molecule has 1 N–H and O–H groups in total. The molecule has 4 rings (SSSR count). The highest BCUT2D eigenvalue weighted by Crippen LogP contribution is 2.32. The molecule has 3 nitrogen and oxygen atoms in total. The van der Waals surface area contributed by atoms with Crippen LogP contribution in [-0.4, -0.2) is 41.4 Å². The third-order valence-electron chi connectivity index (χ3n) is 6.16. The van der Waals surface area contributed by atoms with Gasteiger partial charge in [-0.2, -0.15) is 0 Å². The molecule has 2 aromatic carbocycles. The lowest BCUT2D eigenvalue weighted by Crippen LogP contribution is -2.48. The number of piperidine rings is 1. The van der Waals surface area contributed by atoms with Gasteiger partial charge >= 0.3 is 0 Å². The summed E-state index contributed by atoms with van der Waals surface area (Å²) in [6.07, 6.45) is 5.95. The summed E-state index contributed by atoms with van der Waals surface area (Å²) in [6, 6.07) is 12.3. The fourth-order valence-electron chi connectivity index (χ4n) is 4.76. The minimum absolute atomic E-state index is 0.0296. The summed E-state index contributed by atoms with van der Waals surface area (Å²) in [4.78, 5) is 15.6. The Morgan fingerprint density at radius 3 is 1.70 bits per heavy atom. The molecule has 0 bridgehead atoms. The molecule has 0 spiro atoms. The smallest absolute Gasteiger partial charge is 0.187 e. The Balaban J connectivity index is 1.68. The van der Waals surface area contributed by atoms with Crippen molar-refractivity contribution in [1.82, 2.24) is 10.2 Å². The summed E-state index contributed by atoms with van der Waals surface area (Å²) in [5.74, 6) is -0.648. The molecule has 172 valence electrons. The topological polar surface area (TPSA) is 32.3 Å². The molecule has 5 heteroatoms. The van der Waals surface area contributed by atoms with E-state index >= 15 is 0 Å². The Kier molecular flexibility index (Phi) is 6.21. The minimum atomic E-state index is -0.309. The molecule has 0 aromatic heterocycles. The maximum atomic E-state index is 13.4. The summed E-state index contributed by atoms with van der Waals surface area (Å²) in [7, 11) is 0. The average Bonchev–Trinajstić information content (AvgIpc) is 2.94. The van der Waals surface area contributed by atoms with Gasteiger partial charge in [0.1, 0.15) is 11.6 Å². The zero-order chi connectivity index (χ0) is 23.8. The molecule has 2 heterocycles. The second-order valence-corrected chi connectivity index (χ2v) is 10.1. The first-order valence-electron chi connectivity index (χ1n) is 11.2. The van der Waals surface area contributed by atoms with Crippen LogP contribution < -0.4 is 5.32 Å². The minimum Gasteiger partial charge on any atom is -0.300 e. The number of rotatable bonds is 4. The predicted octanol–water partition coefficient (Wildman–Crippen LogP) is 5.40. The Bertz CT molecular complexity index is 1070. The number of likely N-dealkylation sites (tertiary alicyclic amines) is 1. The lowest BCUT2D eigenvalue weighted by atomic mass is 9.91. The third kappa shape index (κ3) is 5.55. The fraction of sp³-hybridized carbons (Fsp3) is 0.321. The highest BCUT2D eigenvalue weighted by Gasteiger charge is 2.38. The summed E-state index contributed by atoms with van der Waals surface area (Å²) >= 11 is 0. The maximum absolute atomic E-state index is 13.4. The van der Waals surface area contributed by atoms with Gasteiger partial charge in [-0.15, -0.1) is 0 Å². The predicted molar refractivity (Wildman–Crippen MR) is 130 cm³/mol. The summed E-state index contributed by atoms with van der Waals surface area (Å²) < 4.78 is 26.7. The van der Waals surface area contributed by atoms with Crippen molar-refractivity contribution in [2.75, 3.05) is 19.6 Å². The lowest BCUT2D eigenvalue weighted by Gasteiger charge is -2.34. The molecule has 0 radical (unpaired) electrons. The number of nitrogens with one attached hydrogen (secondary N) is 1. The van der Waals surface area contributed by atoms with Gasteiger partial charge in [0, 0.05) is 41.9 Å². The van der Waals surface area contributed by atoms with Gasteiger partial charge in [0.2, 0.25) is 0 Å². The van der Waals surface area contributed by atoms with E-state index in [2.05, 4.69) is 44.0 Å². The van der Waals surface area contributed by atoms with E-state index in [1.54, 1.807) is 24.3 Å². The molecular formula is C28H30F2N2O. The van der Waals surface area contributed by atoms with Crippen LogP contribution in [-0.2, 0) is 4.79 Å². The van der Waals surface area contributed by atoms with Crippen molar-refractivity contribution in [2.24, 2.45) is 0 Å². The van der Waals surface area contributed by atoms with E-state index in [1.807, 2.05) is 12.2 Å². The number of benzene rings is 2. The highest BCUT2D eigenvalue weighted by molar-refractivity contribution is 6.14. The van der Waals surface area contributed by atoms with Crippen molar-refractivity contribution in [3.63, 3.8) is 0 Å². The standard InChI is InChI=1S/C28H30F2N2O/c1-27(2)15-23(28(3,4)31-27)18-32-16-21(13-19-5-9-24(29)10-6-19)26(33)22(17-32)14-20-7-11-25(30)12-8-20/h5-15,31H,16-18H2,1-4H3/b21-13+,22-14+. The van der Waals surface area contributed by atoms with Gasteiger partial charge in [-0.25, -0.2) is 8.78 Å². The Labute approximate surface area is 194 Å². The number of carbonyl (C=O) groups is 1. The van der Waals surface area contributed by atoms with Gasteiger partial charge < -0.3 is 0 Å². The van der Waals surface area contributed by atoms with Crippen LogP contribution in [0.3, 0.4) is 0 Å². The van der Waals surface area contributed by atoms with Gasteiger partial charge in [-0.3, -0.25) is 15.0 Å². The number of carbonyl (C=O) groups excluding carboxylic acids is 1. The maximum Gasteiger partial charge on any atom is 0.187 e.